The zero-order valence-corrected chi connectivity index (χ0v) is 18.0. The van der Waals surface area contributed by atoms with Crippen molar-refractivity contribution in [1.29, 1.82) is 10.5 Å². The molecule has 0 radical (unpaired) electrons. The van der Waals surface area contributed by atoms with Crippen molar-refractivity contribution < 1.29 is 4.79 Å². The third-order valence-electron chi connectivity index (χ3n) is 5.91. The molecule has 7 heteroatoms. The highest BCUT2D eigenvalue weighted by Gasteiger charge is 2.32. The van der Waals surface area contributed by atoms with Crippen molar-refractivity contribution in [1.82, 2.24) is 14.8 Å². The maximum atomic E-state index is 13.2. The van der Waals surface area contributed by atoms with Gasteiger partial charge in [0.15, 0.2) is 0 Å². The topological polar surface area (TPSA) is 98.1 Å². The largest absolute Gasteiger partial charge is 0.273 e. The van der Waals surface area contributed by atoms with Crippen LogP contribution in [0.15, 0.2) is 64.9 Å². The van der Waals surface area contributed by atoms with Crippen molar-refractivity contribution >= 4 is 23.0 Å². The highest BCUT2D eigenvalue weighted by Crippen LogP contribution is 2.29. The standard InChI is InChI=1S/C25H24N6O/c1-17(16-30-23-7-6-20(14-27)12-22(23)15-29-30)10-18(2)25(32)31-24(8-9-28-31)21-5-3-4-19(11-21)13-26/h4,6-7,9,11-12,15,18,24H,1,3,5,8,10,16H2,2H3. The molecule has 2 unspecified atom stereocenters. The number of amides is 1. The van der Waals surface area contributed by atoms with Crippen LogP contribution in [0.25, 0.3) is 10.9 Å². The van der Waals surface area contributed by atoms with Crippen LogP contribution in [-0.4, -0.2) is 33.0 Å². The number of allylic oxidation sites excluding steroid dienone is 4. The first kappa shape index (κ1) is 21.3. The van der Waals surface area contributed by atoms with E-state index in [4.69, 9.17) is 5.26 Å². The molecule has 0 bridgehead atoms. The molecule has 1 amide bonds. The molecule has 1 aliphatic carbocycles. The molecule has 1 aromatic carbocycles. The first-order chi connectivity index (χ1) is 15.5. The van der Waals surface area contributed by atoms with E-state index in [0.717, 1.165) is 34.9 Å². The van der Waals surface area contributed by atoms with E-state index in [0.29, 0.717) is 30.5 Å². The highest BCUT2D eigenvalue weighted by molar-refractivity contribution is 5.82. The number of carbonyl (C=O) groups is 1. The fourth-order valence-electron chi connectivity index (χ4n) is 4.31. The van der Waals surface area contributed by atoms with Gasteiger partial charge in [-0.1, -0.05) is 25.2 Å². The van der Waals surface area contributed by atoms with Gasteiger partial charge in [-0.05, 0) is 49.1 Å². The Morgan fingerprint density at radius 1 is 1.34 bits per heavy atom. The van der Waals surface area contributed by atoms with Crippen LogP contribution in [0.2, 0.25) is 0 Å². The summed E-state index contributed by atoms with van der Waals surface area (Å²) in [5, 5.41) is 29.5. The smallest absolute Gasteiger partial charge is 0.246 e. The van der Waals surface area contributed by atoms with Gasteiger partial charge in [-0.2, -0.15) is 20.7 Å². The van der Waals surface area contributed by atoms with E-state index < -0.39 is 0 Å². The number of hydrazone groups is 1. The Kier molecular flexibility index (Phi) is 6.00. The molecule has 1 aliphatic heterocycles. The number of fused-ring (bicyclic) bond motifs is 1. The summed E-state index contributed by atoms with van der Waals surface area (Å²) in [6.07, 6.45) is 10.2. The number of nitriles is 2. The molecule has 2 heterocycles. The van der Waals surface area contributed by atoms with Gasteiger partial charge < -0.3 is 0 Å². The molecule has 160 valence electrons. The summed E-state index contributed by atoms with van der Waals surface area (Å²) in [5.74, 6) is -0.315. The molecule has 2 atom stereocenters. The zero-order chi connectivity index (χ0) is 22.7. The molecular weight excluding hydrogens is 400 g/mol. The monoisotopic (exact) mass is 424 g/mol. The Hall–Kier alpha value is -3.97. The Labute approximate surface area is 187 Å². The number of hydrogen-bond acceptors (Lipinski definition) is 5. The van der Waals surface area contributed by atoms with Crippen LogP contribution in [0.5, 0.6) is 0 Å². The second-order valence-corrected chi connectivity index (χ2v) is 8.30. The average molecular weight is 425 g/mol. The van der Waals surface area contributed by atoms with Crippen LogP contribution < -0.4 is 0 Å². The van der Waals surface area contributed by atoms with Gasteiger partial charge in [0.1, 0.15) is 0 Å². The summed E-state index contributed by atoms with van der Waals surface area (Å²) in [6, 6.07) is 9.69. The van der Waals surface area contributed by atoms with E-state index in [2.05, 4.69) is 28.9 Å². The maximum Gasteiger partial charge on any atom is 0.246 e. The summed E-state index contributed by atoms with van der Waals surface area (Å²) < 4.78 is 1.84. The number of nitrogens with zero attached hydrogens (tertiary/aromatic N) is 6. The molecule has 7 nitrogen and oxygen atoms in total. The minimum Gasteiger partial charge on any atom is -0.273 e. The summed E-state index contributed by atoms with van der Waals surface area (Å²) in [7, 11) is 0. The molecule has 32 heavy (non-hydrogen) atoms. The van der Waals surface area contributed by atoms with E-state index in [1.165, 1.54) is 0 Å². The van der Waals surface area contributed by atoms with Crippen LogP contribution >= 0.6 is 0 Å². The highest BCUT2D eigenvalue weighted by atomic mass is 16.2. The lowest BCUT2D eigenvalue weighted by Gasteiger charge is -2.28. The molecule has 2 aromatic rings. The summed E-state index contributed by atoms with van der Waals surface area (Å²) in [4.78, 5) is 13.2. The summed E-state index contributed by atoms with van der Waals surface area (Å²) in [6.45, 7) is 6.57. The Morgan fingerprint density at radius 3 is 2.97 bits per heavy atom. The number of rotatable bonds is 6. The van der Waals surface area contributed by atoms with Gasteiger partial charge in [-0.3, -0.25) is 9.48 Å². The minimum absolute atomic E-state index is 0.0390. The second kappa shape index (κ2) is 9.03. The summed E-state index contributed by atoms with van der Waals surface area (Å²) >= 11 is 0. The second-order valence-electron chi connectivity index (χ2n) is 8.30. The van der Waals surface area contributed by atoms with Gasteiger partial charge in [0.05, 0.1) is 42.0 Å². The molecule has 0 fully saturated rings. The van der Waals surface area contributed by atoms with Crippen LogP contribution in [0.1, 0.15) is 38.2 Å². The molecule has 2 aliphatic rings. The Bertz CT molecular complexity index is 1250. The minimum atomic E-state index is -0.276. The molecule has 0 saturated carbocycles. The van der Waals surface area contributed by atoms with Crippen LogP contribution in [0.4, 0.5) is 0 Å². The third kappa shape index (κ3) is 4.24. The summed E-state index contributed by atoms with van der Waals surface area (Å²) in [5.41, 5.74) is 4.16. The van der Waals surface area contributed by atoms with Gasteiger partial charge in [0, 0.05) is 29.5 Å². The number of benzene rings is 1. The van der Waals surface area contributed by atoms with Crippen LogP contribution in [0.3, 0.4) is 0 Å². The van der Waals surface area contributed by atoms with E-state index in [-0.39, 0.29) is 17.9 Å². The van der Waals surface area contributed by atoms with E-state index in [9.17, 15) is 10.1 Å². The SMILES string of the molecule is C=C(CC(C)C(=O)N1N=CCC1C1=CC(C#N)=CCC1)Cn1ncc2cc(C#N)ccc21. The van der Waals surface area contributed by atoms with Crippen molar-refractivity contribution in [2.24, 2.45) is 11.0 Å². The van der Waals surface area contributed by atoms with Crippen molar-refractivity contribution in [3.05, 3.63) is 65.4 Å². The van der Waals surface area contributed by atoms with Gasteiger partial charge in [0.25, 0.3) is 0 Å². The predicted molar refractivity (Wildman–Crippen MR) is 122 cm³/mol. The van der Waals surface area contributed by atoms with E-state index in [1.807, 2.05) is 35.9 Å². The van der Waals surface area contributed by atoms with Gasteiger partial charge >= 0.3 is 0 Å². The fraction of sp³-hybridized carbons (Fsp3) is 0.320. The van der Waals surface area contributed by atoms with Crippen LogP contribution in [-0.2, 0) is 11.3 Å². The number of hydrogen-bond donors (Lipinski definition) is 0. The lowest BCUT2D eigenvalue weighted by molar-refractivity contribution is -0.136. The predicted octanol–water partition coefficient (Wildman–Crippen LogP) is 4.25. The lowest BCUT2D eigenvalue weighted by Crippen LogP contribution is -2.38. The van der Waals surface area contributed by atoms with Crippen molar-refractivity contribution in [2.75, 3.05) is 0 Å². The molecular formula is C25H24N6O. The molecule has 0 N–H and O–H groups in total. The van der Waals surface area contributed by atoms with Gasteiger partial charge in [-0.25, -0.2) is 5.01 Å². The van der Waals surface area contributed by atoms with Crippen molar-refractivity contribution in [3.63, 3.8) is 0 Å². The van der Waals surface area contributed by atoms with Crippen molar-refractivity contribution in [2.45, 2.75) is 45.2 Å². The zero-order valence-electron chi connectivity index (χ0n) is 18.0. The normalized spacial score (nSPS) is 18.6. The van der Waals surface area contributed by atoms with Gasteiger partial charge in [-0.15, -0.1) is 0 Å². The average Bonchev–Trinajstić information content (AvgIpc) is 3.45. The lowest BCUT2D eigenvalue weighted by atomic mass is 9.92. The quantitative estimate of drug-likeness (QED) is 0.648. The molecule has 0 saturated heterocycles. The first-order valence-electron chi connectivity index (χ1n) is 10.7. The van der Waals surface area contributed by atoms with E-state index >= 15 is 0 Å². The van der Waals surface area contributed by atoms with Crippen LogP contribution in [0, 0.1) is 28.6 Å². The molecule has 1 aromatic heterocycles. The number of carbonyl (C=O) groups excluding carboxylic acids is 1. The first-order valence-corrected chi connectivity index (χ1v) is 10.7. The molecule has 4 rings (SSSR count). The van der Waals surface area contributed by atoms with E-state index in [1.54, 1.807) is 23.5 Å². The maximum absolute atomic E-state index is 13.2. The third-order valence-corrected chi connectivity index (χ3v) is 5.91. The van der Waals surface area contributed by atoms with Gasteiger partial charge in [0.2, 0.25) is 5.91 Å². The molecule has 0 spiro atoms. The fourth-order valence-corrected chi connectivity index (χ4v) is 4.31. The number of aromatic nitrogens is 2. The van der Waals surface area contributed by atoms with Crippen molar-refractivity contribution in [3.8, 4) is 12.1 Å². The Morgan fingerprint density at radius 2 is 2.19 bits per heavy atom. The Balaban J connectivity index is 1.41.